The first kappa shape index (κ1) is 20.5. The van der Waals surface area contributed by atoms with Crippen molar-refractivity contribution in [3.63, 3.8) is 0 Å². The molecule has 1 amide bonds. The Bertz CT molecular complexity index is 886. The van der Waals surface area contributed by atoms with E-state index in [1.165, 1.54) is 16.4 Å². The van der Waals surface area contributed by atoms with Gasteiger partial charge in [0.25, 0.3) is 0 Å². The van der Waals surface area contributed by atoms with Crippen molar-refractivity contribution in [3.8, 4) is 0 Å². The van der Waals surface area contributed by atoms with Crippen LogP contribution in [0.4, 0.5) is 4.39 Å². The summed E-state index contributed by atoms with van der Waals surface area (Å²) in [7, 11) is -3.45. The lowest BCUT2D eigenvalue weighted by Gasteiger charge is -2.31. The summed E-state index contributed by atoms with van der Waals surface area (Å²) < 4.78 is 39.8. The van der Waals surface area contributed by atoms with Crippen molar-refractivity contribution in [2.45, 2.75) is 25.0 Å². The van der Waals surface area contributed by atoms with Gasteiger partial charge in [-0.1, -0.05) is 42.5 Å². The molecule has 0 radical (unpaired) electrons. The Hall–Kier alpha value is -2.25. The molecule has 1 unspecified atom stereocenters. The number of hydrogen-bond donors (Lipinski definition) is 1. The first-order chi connectivity index (χ1) is 13.4. The molecular formula is C21H25FN2O3S. The van der Waals surface area contributed by atoms with Gasteiger partial charge in [-0.15, -0.1) is 0 Å². The molecular weight excluding hydrogens is 379 g/mol. The number of benzene rings is 2. The maximum atomic E-state index is 12.9. The summed E-state index contributed by atoms with van der Waals surface area (Å²) in [5.41, 5.74) is 1.69. The Morgan fingerprint density at radius 3 is 2.50 bits per heavy atom. The van der Waals surface area contributed by atoms with Crippen LogP contribution in [-0.2, 0) is 27.0 Å². The number of piperidine rings is 1. The van der Waals surface area contributed by atoms with Crippen LogP contribution < -0.4 is 5.32 Å². The monoisotopic (exact) mass is 404 g/mol. The number of rotatable bonds is 7. The number of nitrogens with one attached hydrogen (secondary N) is 1. The lowest BCUT2D eigenvalue weighted by Crippen LogP contribution is -2.46. The third-order valence-corrected chi connectivity index (χ3v) is 6.78. The first-order valence-corrected chi connectivity index (χ1v) is 11.1. The Balaban J connectivity index is 1.52. The van der Waals surface area contributed by atoms with Gasteiger partial charge in [0.2, 0.25) is 15.9 Å². The fraction of sp³-hybridized carbons (Fsp3) is 0.381. The molecule has 1 fully saturated rings. The topological polar surface area (TPSA) is 66.5 Å². The Kier molecular flexibility index (Phi) is 6.80. The summed E-state index contributed by atoms with van der Waals surface area (Å²) in [5.74, 6) is -0.798. The van der Waals surface area contributed by atoms with Gasteiger partial charge in [-0.2, -0.15) is 0 Å². The Morgan fingerprint density at radius 2 is 1.79 bits per heavy atom. The molecule has 1 N–H and O–H groups in total. The molecule has 1 saturated heterocycles. The molecule has 1 heterocycles. The molecule has 0 aromatic heterocycles. The van der Waals surface area contributed by atoms with Crippen LogP contribution in [-0.4, -0.2) is 38.3 Å². The van der Waals surface area contributed by atoms with Crippen LogP contribution in [0.1, 0.15) is 24.0 Å². The van der Waals surface area contributed by atoms with Crippen molar-refractivity contribution in [1.29, 1.82) is 0 Å². The van der Waals surface area contributed by atoms with Crippen LogP contribution >= 0.6 is 0 Å². The average molecular weight is 405 g/mol. The fourth-order valence-corrected chi connectivity index (χ4v) is 5.02. The quantitative estimate of drug-likeness (QED) is 0.772. The van der Waals surface area contributed by atoms with Gasteiger partial charge < -0.3 is 5.32 Å². The van der Waals surface area contributed by atoms with Gasteiger partial charge in [-0.25, -0.2) is 17.1 Å². The van der Waals surface area contributed by atoms with Gasteiger partial charge >= 0.3 is 0 Å². The van der Waals surface area contributed by atoms with Crippen molar-refractivity contribution in [2.24, 2.45) is 5.92 Å². The summed E-state index contributed by atoms with van der Waals surface area (Å²) in [6, 6.07) is 15.3. The molecule has 1 aliphatic rings. The zero-order chi connectivity index (χ0) is 20.0. The molecule has 1 aliphatic heterocycles. The predicted molar refractivity (Wildman–Crippen MR) is 106 cm³/mol. The zero-order valence-corrected chi connectivity index (χ0v) is 16.5. The van der Waals surface area contributed by atoms with E-state index in [2.05, 4.69) is 5.32 Å². The van der Waals surface area contributed by atoms with E-state index in [4.69, 9.17) is 0 Å². The van der Waals surface area contributed by atoms with Crippen LogP contribution in [0.25, 0.3) is 0 Å². The Morgan fingerprint density at radius 1 is 1.07 bits per heavy atom. The van der Waals surface area contributed by atoms with Gasteiger partial charge in [0.05, 0.1) is 11.7 Å². The second-order valence-electron chi connectivity index (χ2n) is 7.11. The predicted octanol–water partition coefficient (Wildman–Crippen LogP) is 2.73. The number of hydrogen-bond acceptors (Lipinski definition) is 3. The standard InChI is InChI=1S/C21H25FN2O3S/c22-20-10-8-17(9-11-20)12-13-23-21(25)19-7-4-14-24(15-19)28(26,27)16-18-5-2-1-3-6-18/h1-3,5-6,8-11,19H,4,7,12-16H2,(H,23,25). The Labute approximate surface area is 165 Å². The zero-order valence-electron chi connectivity index (χ0n) is 15.7. The summed E-state index contributed by atoms with van der Waals surface area (Å²) in [4.78, 5) is 12.5. The van der Waals surface area contributed by atoms with Gasteiger partial charge in [0.15, 0.2) is 0 Å². The highest BCUT2D eigenvalue weighted by Gasteiger charge is 2.32. The molecule has 5 nitrogen and oxygen atoms in total. The van der Waals surface area contributed by atoms with E-state index >= 15 is 0 Å². The smallest absolute Gasteiger partial charge is 0.224 e. The number of amides is 1. The fourth-order valence-electron chi connectivity index (χ4n) is 3.41. The summed E-state index contributed by atoms with van der Waals surface area (Å²) in [6.45, 7) is 1.11. The molecule has 0 saturated carbocycles. The summed E-state index contributed by atoms with van der Waals surface area (Å²) >= 11 is 0. The van der Waals surface area contributed by atoms with Crippen LogP contribution in [0.5, 0.6) is 0 Å². The number of nitrogens with zero attached hydrogens (tertiary/aromatic N) is 1. The second kappa shape index (κ2) is 9.30. The first-order valence-electron chi connectivity index (χ1n) is 9.48. The molecule has 0 aliphatic carbocycles. The van der Waals surface area contributed by atoms with Gasteiger partial charge in [-0.05, 0) is 42.5 Å². The molecule has 1 atom stereocenters. The minimum Gasteiger partial charge on any atom is -0.355 e. The van der Waals surface area contributed by atoms with E-state index in [-0.39, 0.29) is 29.9 Å². The molecule has 28 heavy (non-hydrogen) atoms. The number of carbonyl (C=O) groups excluding carboxylic acids is 1. The van der Waals surface area contributed by atoms with Crippen LogP contribution in [0.2, 0.25) is 0 Å². The van der Waals surface area contributed by atoms with Crippen molar-refractivity contribution >= 4 is 15.9 Å². The highest BCUT2D eigenvalue weighted by molar-refractivity contribution is 7.88. The minimum atomic E-state index is -3.45. The molecule has 7 heteroatoms. The molecule has 0 bridgehead atoms. The van der Waals surface area contributed by atoms with E-state index in [1.54, 1.807) is 24.3 Å². The third kappa shape index (κ3) is 5.62. The lowest BCUT2D eigenvalue weighted by molar-refractivity contribution is -0.126. The van der Waals surface area contributed by atoms with Crippen LogP contribution in [0.15, 0.2) is 54.6 Å². The number of sulfonamides is 1. The summed E-state index contributed by atoms with van der Waals surface area (Å²) in [5, 5.41) is 2.88. The van der Waals surface area contributed by atoms with E-state index in [0.29, 0.717) is 32.4 Å². The van der Waals surface area contributed by atoms with Crippen molar-refractivity contribution < 1.29 is 17.6 Å². The van der Waals surface area contributed by atoms with Crippen molar-refractivity contribution in [1.82, 2.24) is 9.62 Å². The molecule has 0 spiro atoms. The normalized spacial score (nSPS) is 18.0. The summed E-state index contributed by atoms with van der Waals surface area (Å²) in [6.07, 6.45) is 1.96. The van der Waals surface area contributed by atoms with E-state index in [9.17, 15) is 17.6 Å². The number of carbonyl (C=O) groups is 1. The minimum absolute atomic E-state index is 0.0489. The molecule has 150 valence electrons. The number of halogens is 1. The van der Waals surface area contributed by atoms with Gasteiger partial charge in [0, 0.05) is 19.6 Å². The van der Waals surface area contributed by atoms with E-state index in [0.717, 1.165) is 11.1 Å². The highest BCUT2D eigenvalue weighted by atomic mass is 32.2. The maximum Gasteiger partial charge on any atom is 0.224 e. The van der Waals surface area contributed by atoms with E-state index in [1.807, 2.05) is 18.2 Å². The lowest BCUT2D eigenvalue weighted by atomic mass is 9.99. The van der Waals surface area contributed by atoms with Gasteiger partial charge in [-0.3, -0.25) is 4.79 Å². The van der Waals surface area contributed by atoms with E-state index < -0.39 is 10.0 Å². The van der Waals surface area contributed by atoms with Crippen molar-refractivity contribution in [3.05, 3.63) is 71.5 Å². The maximum absolute atomic E-state index is 12.9. The molecule has 3 rings (SSSR count). The van der Waals surface area contributed by atoms with Gasteiger partial charge in [0.1, 0.15) is 5.82 Å². The second-order valence-corrected chi connectivity index (χ2v) is 9.08. The molecule has 2 aromatic carbocycles. The van der Waals surface area contributed by atoms with Crippen LogP contribution in [0, 0.1) is 11.7 Å². The third-order valence-electron chi connectivity index (χ3n) is 4.97. The largest absolute Gasteiger partial charge is 0.355 e. The SMILES string of the molecule is O=C(NCCc1ccc(F)cc1)C1CCCN(S(=O)(=O)Cc2ccccc2)C1. The highest BCUT2D eigenvalue weighted by Crippen LogP contribution is 2.21. The van der Waals surface area contributed by atoms with Crippen LogP contribution in [0.3, 0.4) is 0 Å². The average Bonchev–Trinajstić information content (AvgIpc) is 2.70. The molecule has 2 aromatic rings. The van der Waals surface area contributed by atoms with Crippen molar-refractivity contribution in [2.75, 3.05) is 19.6 Å².